The number of hydrogen-bond donors (Lipinski definition) is 0. The minimum atomic E-state index is -1.76. The molecule has 18 nitrogen and oxygen atoms in total. The predicted octanol–water partition coefficient (Wildman–Crippen LogP) is -0.747. The van der Waals surface area contributed by atoms with Crippen molar-refractivity contribution >= 4 is 41.8 Å². The average molecular weight is 651 g/mol. The summed E-state index contributed by atoms with van der Waals surface area (Å²) in [4.78, 5) is 84.0. The second-order valence-corrected chi connectivity index (χ2v) is 9.90. The molecule has 2 fully saturated rings. The van der Waals surface area contributed by atoms with Gasteiger partial charge >= 0.3 is 41.8 Å². The number of carbonyl (C=O) groups is 7. The molecule has 0 radical (unpaired) electrons. The molecule has 0 aromatic carbocycles. The molecule has 10 atom stereocenters. The molecule has 0 bridgehead atoms. The van der Waals surface area contributed by atoms with Crippen molar-refractivity contribution < 1.29 is 85.7 Å². The van der Waals surface area contributed by atoms with Gasteiger partial charge in [0.25, 0.3) is 0 Å². The fourth-order valence-electron chi connectivity index (χ4n) is 4.66. The quantitative estimate of drug-likeness (QED) is 0.187. The topological polar surface area (TPSA) is 221 Å². The van der Waals surface area contributed by atoms with Gasteiger partial charge in [-0.1, -0.05) is 0 Å². The van der Waals surface area contributed by atoms with Crippen molar-refractivity contribution in [3.8, 4) is 0 Å². The molecule has 0 spiro atoms. The van der Waals surface area contributed by atoms with E-state index in [1.54, 1.807) is 0 Å². The minimum Gasteiger partial charge on any atom is -0.463 e. The molecule has 2 rings (SSSR count). The Labute approximate surface area is 258 Å². The highest BCUT2D eigenvalue weighted by Crippen LogP contribution is 2.35. The zero-order valence-electron chi connectivity index (χ0n) is 26.0. The monoisotopic (exact) mass is 650 g/mol. The molecule has 0 amide bonds. The Hall–Kier alpha value is -3.87. The van der Waals surface area contributed by atoms with Crippen molar-refractivity contribution in [2.45, 2.75) is 110 Å². The Balaban J connectivity index is 2.69. The number of ether oxygens (including phenoxy) is 11. The smallest absolute Gasteiger partial charge is 0.303 e. The van der Waals surface area contributed by atoms with Gasteiger partial charge in [0.15, 0.2) is 43.1 Å². The summed E-state index contributed by atoms with van der Waals surface area (Å²) in [5.41, 5.74) is 0. The maximum Gasteiger partial charge on any atom is 0.303 e. The predicted molar refractivity (Wildman–Crippen MR) is 140 cm³/mol. The largest absolute Gasteiger partial charge is 0.463 e. The van der Waals surface area contributed by atoms with Gasteiger partial charge in [0, 0.05) is 55.6 Å². The third-order valence-corrected chi connectivity index (χ3v) is 6.12. The van der Waals surface area contributed by atoms with Crippen LogP contribution < -0.4 is 0 Å². The SMILES string of the molecule is CO[C@H]1O[C@H](COC(C)=O)[C@@H](O[C@@H]2O[C@H](COC(C)=O)[C@H](OC(C)=O)[C@H](OC(C)=O)[C@H]2OC(C)=O)[C@H](OC(C)=O)[C@H]1OC(C)=O. The van der Waals surface area contributed by atoms with Crippen LogP contribution >= 0.6 is 0 Å². The number of methoxy groups -OCH3 is 1. The Morgan fingerprint density at radius 2 is 0.778 bits per heavy atom. The molecule has 18 heteroatoms. The lowest BCUT2D eigenvalue weighted by atomic mass is 9.96. The van der Waals surface area contributed by atoms with Crippen LogP contribution in [0.1, 0.15) is 48.5 Å². The van der Waals surface area contributed by atoms with Crippen LogP contribution in [0.4, 0.5) is 0 Å². The van der Waals surface area contributed by atoms with Crippen LogP contribution in [0.15, 0.2) is 0 Å². The normalized spacial score (nSPS) is 31.0. The highest BCUT2D eigenvalue weighted by atomic mass is 16.8. The van der Waals surface area contributed by atoms with E-state index in [1.807, 2.05) is 0 Å². The van der Waals surface area contributed by atoms with Crippen molar-refractivity contribution in [1.29, 1.82) is 0 Å². The second kappa shape index (κ2) is 17.0. The fraction of sp³-hybridized carbons (Fsp3) is 0.741. The molecule has 254 valence electrons. The fourth-order valence-corrected chi connectivity index (χ4v) is 4.66. The molecule has 0 unspecified atom stereocenters. The maximum absolute atomic E-state index is 12.2. The lowest BCUT2D eigenvalue weighted by molar-refractivity contribution is -0.359. The molecule has 2 saturated heterocycles. The zero-order valence-corrected chi connectivity index (χ0v) is 26.0. The summed E-state index contributed by atoms with van der Waals surface area (Å²) >= 11 is 0. The van der Waals surface area contributed by atoms with Crippen molar-refractivity contribution in [2.75, 3.05) is 20.3 Å². The van der Waals surface area contributed by atoms with Gasteiger partial charge in [-0.25, -0.2) is 0 Å². The van der Waals surface area contributed by atoms with E-state index in [1.165, 1.54) is 7.11 Å². The Kier molecular flexibility index (Phi) is 14.1. The first-order valence-electron chi connectivity index (χ1n) is 13.7. The highest BCUT2D eigenvalue weighted by molar-refractivity contribution is 5.69. The van der Waals surface area contributed by atoms with Crippen LogP contribution in [-0.2, 0) is 85.7 Å². The molecule has 0 aliphatic carbocycles. The Morgan fingerprint density at radius 3 is 1.18 bits per heavy atom. The summed E-state index contributed by atoms with van der Waals surface area (Å²) in [6, 6.07) is 0. The Bertz CT molecular complexity index is 1110. The molecule has 0 aromatic rings. The van der Waals surface area contributed by atoms with Crippen molar-refractivity contribution in [3.05, 3.63) is 0 Å². The average Bonchev–Trinajstić information content (AvgIpc) is 2.90. The van der Waals surface area contributed by atoms with E-state index in [9.17, 15) is 33.6 Å². The van der Waals surface area contributed by atoms with Gasteiger partial charge in [0.2, 0.25) is 0 Å². The van der Waals surface area contributed by atoms with E-state index in [-0.39, 0.29) is 0 Å². The van der Waals surface area contributed by atoms with Gasteiger partial charge in [0.05, 0.1) is 0 Å². The summed E-state index contributed by atoms with van der Waals surface area (Å²) < 4.78 is 60.6. The highest BCUT2D eigenvalue weighted by Gasteiger charge is 2.57. The third-order valence-electron chi connectivity index (χ3n) is 6.12. The van der Waals surface area contributed by atoms with Gasteiger partial charge in [-0.15, -0.1) is 0 Å². The molecule has 0 aromatic heterocycles. The molecular formula is C27H38O18. The minimum absolute atomic E-state index is 0.504. The van der Waals surface area contributed by atoms with Crippen LogP contribution in [0.25, 0.3) is 0 Å². The van der Waals surface area contributed by atoms with Crippen LogP contribution in [-0.4, -0.2) is 124 Å². The van der Waals surface area contributed by atoms with E-state index < -0.39 is 116 Å². The first kappa shape index (κ1) is 37.3. The standard InChI is InChI=1S/C27H38O18/c1-11(28)36-9-18-20(38-13(3)30)22(39-14(4)31)25(42-17(7)34)27(44-18)45-21-19(10-37-12(2)29)43-26(35-8)24(41-16(6)33)23(21)40-15(5)32/h18-27H,9-10H2,1-8H3/t18-,19-,20+,21-,22+,23+,24-,25-,26+,27+/m1/s1. The van der Waals surface area contributed by atoms with E-state index in [2.05, 4.69) is 0 Å². The molecule has 45 heavy (non-hydrogen) atoms. The van der Waals surface area contributed by atoms with Crippen LogP contribution in [0, 0.1) is 0 Å². The van der Waals surface area contributed by atoms with Gasteiger partial charge < -0.3 is 52.1 Å². The summed E-state index contributed by atoms with van der Waals surface area (Å²) in [5, 5.41) is 0. The zero-order chi connectivity index (χ0) is 34.0. The van der Waals surface area contributed by atoms with E-state index in [0.717, 1.165) is 48.5 Å². The summed E-state index contributed by atoms with van der Waals surface area (Å²) in [7, 11) is 1.22. The van der Waals surface area contributed by atoms with E-state index in [4.69, 9.17) is 52.1 Å². The Morgan fingerprint density at radius 1 is 0.444 bits per heavy atom. The molecule has 2 aliphatic heterocycles. The van der Waals surface area contributed by atoms with Crippen molar-refractivity contribution in [2.24, 2.45) is 0 Å². The van der Waals surface area contributed by atoms with Crippen molar-refractivity contribution in [1.82, 2.24) is 0 Å². The first-order chi connectivity index (χ1) is 21.0. The molecule has 2 heterocycles. The molecule has 2 aliphatic rings. The number of carbonyl (C=O) groups excluding carboxylic acids is 7. The number of esters is 7. The van der Waals surface area contributed by atoms with E-state index >= 15 is 0 Å². The summed E-state index contributed by atoms with van der Waals surface area (Å²) in [6.45, 7) is 6.44. The number of rotatable bonds is 12. The van der Waals surface area contributed by atoms with Gasteiger partial charge in [-0.2, -0.15) is 0 Å². The summed E-state index contributed by atoms with van der Waals surface area (Å²) in [6.07, 6.45) is -15.0. The first-order valence-corrected chi connectivity index (χ1v) is 13.7. The van der Waals surface area contributed by atoms with Gasteiger partial charge in [0.1, 0.15) is 31.5 Å². The van der Waals surface area contributed by atoms with Crippen LogP contribution in [0.3, 0.4) is 0 Å². The van der Waals surface area contributed by atoms with Crippen molar-refractivity contribution in [3.63, 3.8) is 0 Å². The maximum atomic E-state index is 12.2. The second-order valence-electron chi connectivity index (χ2n) is 9.90. The van der Waals surface area contributed by atoms with Gasteiger partial charge in [-0.3, -0.25) is 33.6 Å². The molecular weight excluding hydrogens is 612 g/mol. The summed E-state index contributed by atoms with van der Waals surface area (Å²) in [5.74, 6) is -5.76. The van der Waals surface area contributed by atoms with Crippen LogP contribution in [0.5, 0.6) is 0 Å². The number of hydrogen-bond acceptors (Lipinski definition) is 18. The van der Waals surface area contributed by atoms with Gasteiger partial charge in [-0.05, 0) is 0 Å². The molecule has 0 N–H and O–H groups in total. The molecule has 0 saturated carbocycles. The third kappa shape index (κ3) is 11.2. The lowest BCUT2D eigenvalue weighted by Gasteiger charge is -2.48. The lowest BCUT2D eigenvalue weighted by Crippen LogP contribution is -2.67. The van der Waals surface area contributed by atoms with E-state index in [0.29, 0.717) is 0 Å². The van der Waals surface area contributed by atoms with Crippen LogP contribution in [0.2, 0.25) is 0 Å².